The number of fused-ring (bicyclic) bond motifs is 1. The van der Waals surface area contributed by atoms with Crippen molar-refractivity contribution in [2.24, 2.45) is 5.10 Å². The molecule has 2 amide bonds. The highest BCUT2D eigenvalue weighted by atomic mass is 16.7. The number of carbonyl (C=O) groups excluding carboxylic acids is 2. The normalized spacial score (nSPS) is 12.6. The van der Waals surface area contributed by atoms with Crippen LogP contribution in [0.1, 0.15) is 27.0 Å². The predicted octanol–water partition coefficient (Wildman–Crippen LogP) is 3.06. The molecule has 0 spiro atoms. The van der Waals surface area contributed by atoms with E-state index in [-0.39, 0.29) is 24.0 Å². The molecule has 0 aromatic heterocycles. The molecule has 0 saturated heterocycles. The second-order valence-corrected chi connectivity index (χ2v) is 7.39. The van der Waals surface area contributed by atoms with Crippen molar-refractivity contribution >= 4 is 24.1 Å². The second kappa shape index (κ2) is 9.78. The Morgan fingerprint density at radius 1 is 1.00 bits per heavy atom. The Balaban J connectivity index is 1.58. The minimum Gasteiger partial charge on any atom is -0.508 e. The van der Waals surface area contributed by atoms with Gasteiger partial charge in [-0.05, 0) is 54.5 Å². The molecule has 0 saturated carbocycles. The SMILES string of the molecule is Cc1cc(O)cc(O)c1C=NNC(=O)C(=Cc1ccc2c(c1)OCO2)NC(=O)c1ccccc1. The topological polar surface area (TPSA) is 129 Å². The maximum absolute atomic E-state index is 12.9. The van der Waals surface area contributed by atoms with E-state index in [0.29, 0.717) is 33.8 Å². The molecule has 0 atom stereocenters. The lowest BCUT2D eigenvalue weighted by atomic mass is 10.1. The highest BCUT2D eigenvalue weighted by molar-refractivity contribution is 6.05. The van der Waals surface area contributed by atoms with Gasteiger partial charge < -0.3 is 25.0 Å². The van der Waals surface area contributed by atoms with Gasteiger partial charge in [-0.3, -0.25) is 9.59 Å². The summed E-state index contributed by atoms with van der Waals surface area (Å²) >= 11 is 0. The molecular weight excluding hydrogens is 438 g/mol. The van der Waals surface area contributed by atoms with Gasteiger partial charge in [-0.25, -0.2) is 5.43 Å². The summed E-state index contributed by atoms with van der Waals surface area (Å²) in [6, 6.07) is 16.2. The third-order valence-electron chi connectivity index (χ3n) is 4.95. The predicted molar refractivity (Wildman–Crippen MR) is 125 cm³/mol. The minimum absolute atomic E-state index is 0.0588. The van der Waals surface area contributed by atoms with E-state index in [1.807, 2.05) is 0 Å². The van der Waals surface area contributed by atoms with Gasteiger partial charge in [-0.1, -0.05) is 24.3 Å². The summed E-state index contributed by atoms with van der Waals surface area (Å²) in [5.74, 6) is -0.324. The fraction of sp³-hybridized carbons (Fsp3) is 0.0800. The van der Waals surface area contributed by atoms with Crippen LogP contribution >= 0.6 is 0 Å². The van der Waals surface area contributed by atoms with Gasteiger partial charge >= 0.3 is 0 Å². The molecule has 1 heterocycles. The number of nitrogens with one attached hydrogen (secondary N) is 2. The van der Waals surface area contributed by atoms with Gasteiger partial charge in [0, 0.05) is 17.2 Å². The van der Waals surface area contributed by atoms with Crippen LogP contribution in [0.15, 0.2) is 71.5 Å². The zero-order chi connectivity index (χ0) is 24.1. The number of hydrogen-bond acceptors (Lipinski definition) is 7. The molecule has 9 heteroatoms. The van der Waals surface area contributed by atoms with Gasteiger partial charge in [0.1, 0.15) is 17.2 Å². The third-order valence-corrected chi connectivity index (χ3v) is 4.95. The summed E-state index contributed by atoms with van der Waals surface area (Å²) in [6.07, 6.45) is 2.73. The summed E-state index contributed by atoms with van der Waals surface area (Å²) in [4.78, 5) is 25.6. The Kier molecular flexibility index (Phi) is 6.45. The molecule has 1 aliphatic rings. The molecule has 3 aromatic rings. The maximum Gasteiger partial charge on any atom is 0.287 e. The Bertz CT molecular complexity index is 1280. The molecule has 172 valence electrons. The lowest BCUT2D eigenvalue weighted by molar-refractivity contribution is -0.117. The van der Waals surface area contributed by atoms with Crippen LogP contribution < -0.4 is 20.2 Å². The summed E-state index contributed by atoms with van der Waals surface area (Å²) in [6.45, 7) is 1.78. The van der Waals surface area contributed by atoms with Crippen molar-refractivity contribution in [1.82, 2.24) is 10.7 Å². The first-order valence-corrected chi connectivity index (χ1v) is 10.2. The Labute approximate surface area is 195 Å². The van der Waals surface area contributed by atoms with Gasteiger partial charge in [0.15, 0.2) is 11.5 Å². The number of ether oxygens (including phenoxy) is 2. The van der Waals surface area contributed by atoms with Crippen molar-refractivity contribution in [1.29, 1.82) is 0 Å². The summed E-state index contributed by atoms with van der Waals surface area (Å²) in [5, 5.41) is 26.1. The lowest BCUT2D eigenvalue weighted by Crippen LogP contribution is -2.32. The number of benzene rings is 3. The van der Waals surface area contributed by atoms with Gasteiger partial charge in [-0.2, -0.15) is 5.10 Å². The second-order valence-electron chi connectivity index (χ2n) is 7.39. The zero-order valence-corrected chi connectivity index (χ0v) is 18.1. The number of hydrogen-bond donors (Lipinski definition) is 4. The van der Waals surface area contributed by atoms with Crippen molar-refractivity contribution in [3.05, 3.63) is 88.6 Å². The van der Waals surface area contributed by atoms with Crippen molar-refractivity contribution in [2.75, 3.05) is 6.79 Å². The number of aromatic hydroxyl groups is 2. The monoisotopic (exact) mass is 459 g/mol. The van der Waals surface area contributed by atoms with Crippen LogP contribution in [0.25, 0.3) is 6.08 Å². The van der Waals surface area contributed by atoms with E-state index in [2.05, 4.69) is 15.8 Å². The standard InChI is InChI=1S/C25H21N3O6/c1-15-9-18(29)12-21(30)19(15)13-26-28-25(32)20(27-24(31)17-5-3-2-4-6-17)10-16-7-8-22-23(11-16)34-14-33-22/h2-13,29-30H,14H2,1H3,(H,27,31)(H,28,32). The van der Waals surface area contributed by atoms with Gasteiger partial charge in [0.05, 0.1) is 6.21 Å². The minimum atomic E-state index is -0.686. The van der Waals surface area contributed by atoms with Crippen molar-refractivity contribution in [2.45, 2.75) is 6.92 Å². The third kappa shape index (κ3) is 5.16. The number of hydrazone groups is 1. The molecule has 0 aliphatic carbocycles. The van der Waals surface area contributed by atoms with E-state index in [0.717, 1.165) is 0 Å². The molecule has 0 unspecified atom stereocenters. The van der Waals surface area contributed by atoms with Crippen molar-refractivity contribution in [3.63, 3.8) is 0 Å². The average molecular weight is 459 g/mol. The fourth-order valence-electron chi connectivity index (χ4n) is 3.26. The fourth-order valence-corrected chi connectivity index (χ4v) is 3.26. The first-order valence-electron chi connectivity index (χ1n) is 10.2. The van der Waals surface area contributed by atoms with E-state index < -0.39 is 11.8 Å². The summed E-state index contributed by atoms with van der Waals surface area (Å²) in [7, 11) is 0. The Morgan fingerprint density at radius 2 is 1.76 bits per heavy atom. The number of phenols is 2. The number of carbonyl (C=O) groups is 2. The number of aryl methyl sites for hydroxylation is 1. The van der Waals surface area contributed by atoms with Gasteiger partial charge in [0.2, 0.25) is 6.79 Å². The number of amides is 2. The van der Waals surface area contributed by atoms with Crippen molar-refractivity contribution in [3.8, 4) is 23.0 Å². The van der Waals surface area contributed by atoms with E-state index in [9.17, 15) is 19.8 Å². The van der Waals surface area contributed by atoms with Crippen LogP contribution in [-0.2, 0) is 4.79 Å². The molecule has 0 fully saturated rings. The Hall–Kier alpha value is -4.79. The van der Waals surface area contributed by atoms with E-state index in [4.69, 9.17) is 9.47 Å². The van der Waals surface area contributed by atoms with Crippen LogP contribution in [0.4, 0.5) is 0 Å². The van der Waals surface area contributed by atoms with Crippen LogP contribution in [0.5, 0.6) is 23.0 Å². The number of rotatable bonds is 6. The molecule has 3 aromatic carbocycles. The molecule has 4 N–H and O–H groups in total. The van der Waals surface area contributed by atoms with Crippen molar-refractivity contribution < 1.29 is 29.3 Å². The zero-order valence-electron chi connectivity index (χ0n) is 18.1. The maximum atomic E-state index is 12.9. The highest BCUT2D eigenvalue weighted by Crippen LogP contribution is 2.33. The van der Waals surface area contributed by atoms with Crippen LogP contribution in [0, 0.1) is 6.92 Å². The molecular formula is C25H21N3O6. The molecule has 34 heavy (non-hydrogen) atoms. The van der Waals surface area contributed by atoms with Crippen LogP contribution in [0.3, 0.4) is 0 Å². The Morgan fingerprint density at radius 3 is 2.53 bits per heavy atom. The largest absolute Gasteiger partial charge is 0.508 e. The van der Waals surface area contributed by atoms with Crippen LogP contribution in [0.2, 0.25) is 0 Å². The number of nitrogens with zero attached hydrogens (tertiary/aromatic N) is 1. The lowest BCUT2D eigenvalue weighted by Gasteiger charge is -2.10. The average Bonchev–Trinajstić information content (AvgIpc) is 3.28. The summed E-state index contributed by atoms with van der Waals surface area (Å²) in [5.41, 5.74) is 4.15. The smallest absolute Gasteiger partial charge is 0.287 e. The molecule has 1 aliphatic heterocycles. The van der Waals surface area contributed by atoms with Gasteiger partial charge in [-0.15, -0.1) is 0 Å². The van der Waals surface area contributed by atoms with E-state index in [1.165, 1.54) is 24.4 Å². The van der Waals surface area contributed by atoms with Crippen LogP contribution in [-0.4, -0.2) is 35.0 Å². The first kappa shape index (κ1) is 22.4. The molecule has 4 rings (SSSR count). The highest BCUT2D eigenvalue weighted by Gasteiger charge is 2.17. The summed E-state index contributed by atoms with van der Waals surface area (Å²) < 4.78 is 10.7. The van der Waals surface area contributed by atoms with E-state index >= 15 is 0 Å². The van der Waals surface area contributed by atoms with Gasteiger partial charge in [0.25, 0.3) is 11.8 Å². The first-order chi connectivity index (χ1) is 16.4. The quantitative estimate of drug-likeness (QED) is 0.255. The molecule has 0 radical (unpaired) electrons. The molecule has 0 bridgehead atoms. The van der Waals surface area contributed by atoms with E-state index in [1.54, 1.807) is 55.5 Å². The molecule has 9 nitrogen and oxygen atoms in total. The number of phenolic OH excluding ortho intramolecular Hbond substituents is 2.